The number of hydrogen-bond acceptors (Lipinski definition) is 4. The van der Waals surface area contributed by atoms with Crippen molar-refractivity contribution in [2.24, 2.45) is 0 Å². The molecule has 0 aliphatic rings. The van der Waals surface area contributed by atoms with E-state index < -0.39 is 0 Å². The van der Waals surface area contributed by atoms with Crippen LogP contribution in [0.3, 0.4) is 0 Å². The Morgan fingerprint density at radius 3 is 2.52 bits per heavy atom. The molecule has 0 bridgehead atoms. The van der Waals surface area contributed by atoms with E-state index in [9.17, 15) is 10.1 Å². The Balaban J connectivity index is 1.99. The zero-order valence-corrected chi connectivity index (χ0v) is 13.2. The fourth-order valence-electron chi connectivity index (χ4n) is 2.37. The molecule has 0 saturated heterocycles. The number of nitrogens with one attached hydrogen (secondary N) is 1. The van der Waals surface area contributed by atoms with E-state index in [0.717, 1.165) is 16.0 Å². The van der Waals surface area contributed by atoms with Crippen molar-refractivity contribution in [1.82, 2.24) is 4.98 Å². The number of nitriles is 1. The van der Waals surface area contributed by atoms with Crippen LogP contribution in [0.5, 0.6) is 0 Å². The van der Waals surface area contributed by atoms with Gasteiger partial charge in [0.1, 0.15) is 11.1 Å². The van der Waals surface area contributed by atoms with Crippen LogP contribution in [-0.4, -0.2) is 10.9 Å². The minimum Gasteiger partial charge on any atom is -0.312 e. The number of rotatable bonds is 3. The summed E-state index contributed by atoms with van der Waals surface area (Å²) in [5, 5.41) is 13.0. The van der Waals surface area contributed by atoms with Gasteiger partial charge < -0.3 is 5.32 Å². The van der Waals surface area contributed by atoms with Crippen molar-refractivity contribution in [3.63, 3.8) is 0 Å². The molecule has 1 amide bonds. The summed E-state index contributed by atoms with van der Waals surface area (Å²) in [6.45, 7) is 1.95. The van der Waals surface area contributed by atoms with Gasteiger partial charge in [0.15, 0.2) is 0 Å². The molecule has 2 heterocycles. The number of nitrogens with zero attached hydrogens (tertiary/aromatic N) is 2. The highest BCUT2D eigenvalue weighted by Crippen LogP contribution is 2.39. The lowest BCUT2D eigenvalue weighted by molar-refractivity contribution is 0.102. The number of amides is 1. The van der Waals surface area contributed by atoms with Gasteiger partial charge in [0, 0.05) is 28.4 Å². The first-order chi connectivity index (χ1) is 11.2. The Labute approximate surface area is 138 Å². The molecule has 3 aromatic rings. The van der Waals surface area contributed by atoms with Gasteiger partial charge in [0.05, 0.1) is 5.56 Å². The molecule has 0 atom stereocenters. The van der Waals surface area contributed by atoms with Gasteiger partial charge in [-0.15, -0.1) is 11.3 Å². The van der Waals surface area contributed by atoms with Crippen LogP contribution < -0.4 is 5.32 Å². The van der Waals surface area contributed by atoms with E-state index >= 15 is 0 Å². The summed E-state index contributed by atoms with van der Waals surface area (Å²) in [7, 11) is 0. The summed E-state index contributed by atoms with van der Waals surface area (Å²) in [6, 6.07) is 15.2. The van der Waals surface area contributed by atoms with Crippen LogP contribution in [-0.2, 0) is 0 Å². The second kappa shape index (κ2) is 6.42. The summed E-state index contributed by atoms with van der Waals surface area (Å²) in [6.07, 6.45) is 3.13. The number of aromatic nitrogens is 1. The van der Waals surface area contributed by atoms with E-state index in [2.05, 4.69) is 16.4 Å². The molecule has 0 fully saturated rings. The van der Waals surface area contributed by atoms with Gasteiger partial charge in [-0.1, -0.05) is 30.3 Å². The lowest BCUT2D eigenvalue weighted by atomic mass is 10.0. The Morgan fingerprint density at radius 2 is 1.87 bits per heavy atom. The zero-order valence-electron chi connectivity index (χ0n) is 12.4. The first kappa shape index (κ1) is 14.9. The Hall–Kier alpha value is -2.97. The Kier molecular flexibility index (Phi) is 4.18. The SMILES string of the molecule is Cc1sc(NC(=O)c2ccncc2)c(C#N)c1-c1ccccc1. The first-order valence-corrected chi connectivity index (χ1v) is 7.82. The lowest BCUT2D eigenvalue weighted by Crippen LogP contribution is -2.11. The maximum absolute atomic E-state index is 12.3. The van der Waals surface area contributed by atoms with Crippen molar-refractivity contribution in [2.45, 2.75) is 6.92 Å². The third-order valence-electron chi connectivity index (χ3n) is 3.43. The molecule has 23 heavy (non-hydrogen) atoms. The van der Waals surface area contributed by atoms with Gasteiger partial charge in [-0.3, -0.25) is 9.78 Å². The normalized spacial score (nSPS) is 10.1. The molecule has 1 aromatic carbocycles. The van der Waals surface area contributed by atoms with Crippen molar-refractivity contribution >= 4 is 22.2 Å². The van der Waals surface area contributed by atoms with Crippen LogP contribution in [0.15, 0.2) is 54.9 Å². The molecular formula is C18H13N3OS. The van der Waals surface area contributed by atoms with Crippen LogP contribution in [0.1, 0.15) is 20.8 Å². The van der Waals surface area contributed by atoms with E-state index in [4.69, 9.17) is 0 Å². The number of thiophene rings is 1. The molecule has 0 spiro atoms. The average Bonchev–Trinajstić information content (AvgIpc) is 2.91. The second-order valence-corrected chi connectivity index (χ2v) is 6.13. The third-order valence-corrected chi connectivity index (χ3v) is 4.45. The van der Waals surface area contributed by atoms with Crippen LogP contribution in [0, 0.1) is 18.3 Å². The van der Waals surface area contributed by atoms with Crippen LogP contribution in [0.25, 0.3) is 11.1 Å². The van der Waals surface area contributed by atoms with Gasteiger partial charge >= 0.3 is 0 Å². The quantitative estimate of drug-likeness (QED) is 0.785. The van der Waals surface area contributed by atoms with E-state index in [-0.39, 0.29) is 5.91 Å². The number of hydrogen-bond donors (Lipinski definition) is 1. The Morgan fingerprint density at radius 1 is 1.17 bits per heavy atom. The highest BCUT2D eigenvalue weighted by Gasteiger charge is 2.19. The summed E-state index contributed by atoms with van der Waals surface area (Å²) in [5.74, 6) is -0.246. The van der Waals surface area contributed by atoms with Gasteiger partial charge in [0.25, 0.3) is 5.91 Å². The Bertz CT molecular complexity index is 880. The minimum atomic E-state index is -0.246. The minimum absolute atomic E-state index is 0.246. The van der Waals surface area contributed by atoms with Crippen molar-refractivity contribution < 1.29 is 4.79 Å². The third kappa shape index (κ3) is 2.98. The largest absolute Gasteiger partial charge is 0.312 e. The highest BCUT2D eigenvalue weighted by atomic mass is 32.1. The summed E-state index contributed by atoms with van der Waals surface area (Å²) >= 11 is 1.41. The second-order valence-electron chi connectivity index (χ2n) is 4.91. The topological polar surface area (TPSA) is 65.8 Å². The van der Waals surface area contributed by atoms with Crippen LogP contribution >= 0.6 is 11.3 Å². The molecule has 0 unspecified atom stereocenters. The number of aryl methyl sites for hydroxylation is 1. The van der Waals surface area contributed by atoms with E-state index in [0.29, 0.717) is 16.1 Å². The van der Waals surface area contributed by atoms with E-state index in [1.54, 1.807) is 24.5 Å². The van der Waals surface area contributed by atoms with Crippen molar-refractivity contribution in [3.8, 4) is 17.2 Å². The van der Waals surface area contributed by atoms with Crippen molar-refractivity contribution in [1.29, 1.82) is 5.26 Å². The van der Waals surface area contributed by atoms with Crippen molar-refractivity contribution in [2.75, 3.05) is 5.32 Å². The number of benzene rings is 1. The maximum Gasteiger partial charge on any atom is 0.256 e. The fourth-order valence-corrected chi connectivity index (χ4v) is 3.39. The molecule has 2 aromatic heterocycles. The number of carbonyl (C=O) groups excluding carboxylic acids is 1. The van der Waals surface area contributed by atoms with Gasteiger partial charge in [-0.25, -0.2) is 0 Å². The summed E-state index contributed by atoms with van der Waals surface area (Å²) < 4.78 is 0. The van der Waals surface area contributed by atoms with Crippen LogP contribution in [0.2, 0.25) is 0 Å². The molecule has 0 aliphatic heterocycles. The number of anilines is 1. The van der Waals surface area contributed by atoms with Crippen LogP contribution in [0.4, 0.5) is 5.00 Å². The molecule has 4 nitrogen and oxygen atoms in total. The van der Waals surface area contributed by atoms with Gasteiger partial charge in [0.2, 0.25) is 0 Å². The molecule has 5 heteroatoms. The highest BCUT2D eigenvalue weighted by molar-refractivity contribution is 7.17. The van der Waals surface area contributed by atoms with E-state index in [1.165, 1.54) is 11.3 Å². The molecule has 0 aliphatic carbocycles. The van der Waals surface area contributed by atoms with Crippen molar-refractivity contribution in [3.05, 3.63) is 70.9 Å². The fraction of sp³-hybridized carbons (Fsp3) is 0.0556. The predicted molar refractivity (Wildman–Crippen MR) is 91.4 cm³/mol. The smallest absolute Gasteiger partial charge is 0.256 e. The molecule has 1 N–H and O–H groups in total. The predicted octanol–water partition coefficient (Wildman–Crippen LogP) is 4.24. The molecule has 112 valence electrons. The molecule has 0 saturated carbocycles. The van der Waals surface area contributed by atoms with E-state index in [1.807, 2.05) is 37.3 Å². The summed E-state index contributed by atoms with van der Waals surface area (Å²) in [4.78, 5) is 17.2. The average molecular weight is 319 g/mol. The summed E-state index contributed by atoms with van der Waals surface area (Å²) in [5.41, 5.74) is 2.86. The standard InChI is InChI=1S/C18H13N3OS/c1-12-16(13-5-3-2-4-6-13)15(11-19)18(23-12)21-17(22)14-7-9-20-10-8-14/h2-10H,1H3,(H,21,22). The molecule has 3 rings (SSSR count). The molecule has 0 radical (unpaired) electrons. The maximum atomic E-state index is 12.3. The van der Waals surface area contributed by atoms with Gasteiger partial charge in [-0.2, -0.15) is 5.26 Å². The first-order valence-electron chi connectivity index (χ1n) is 7.01. The lowest BCUT2D eigenvalue weighted by Gasteiger charge is -2.04. The zero-order chi connectivity index (χ0) is 16.2. The number of carbonyl (C=O) groups is 1. The monoisotopic (exact) mass is 319 g/mol. The number of pyridine rings is 1. The van der Waals surface area contributed by atoms with Gasteiger partial charge in [-0.05, 0) is 24.6 Å². The molecular weight excluding hydrogens is 306 g/mol.